The molecule has 4 rings (SSSR count). The van der Waals surface area contributed by atoms with E-state index >= 15 is 0 Å². The number of nitrogens with one attached hydrogen (secondary N) is 2. The summed E-state index contributed by atoms with van der Waals surface area (Å²) in [5.41, 5.74) is 5.11. The monoisotopic (exact) mass is 419 g/mol. The fourth-order valence-electron chi connectivity index (χ4n) is 4.18. The fraction of sp³-hybridized carbons (Fsp3) is 0.240. The van der Waals surface area contributed by atoms with Gasteiger partial charge < -0.3 is 10.7 Å². The van der Waals surface area contributed by atoms with Gasteiger partial charge in [0, 0.05) is 41.0 Å². The summed E-state index contributed by atoms with van der Waals surface area (Å²) in [7, 11) is 0. The van der Waals surface area contributed by atoms with E-state index in [1.165, 1.54) is 34.4 Å². The quantitative estimate of drug-likeness (QED) is 0.325. The number of piperidine rings is 1. The lowest BCUT2D eigenvalue weighted by Gasteiger charge is -2.45. The molecule has 1 aliphatic heterocycles. The van der Waals surface area contributed by atoms with Crippen molar-refractivity contribution in [3.8, 4) is 0 Å². The predicted molar refractivity (Wildman–Crippen MR) is 124 cm³/mol. The van der Waals surface area contributed by atoms with Crippen molar-refractivity contribution in [1.29, 1.82) is 5.41 Å². The van der Waals surface area contributed by atoms with Gasteiger partial charge in [0.15, 0.2) is 0 Å². The van der Waals surface area contributed by atoms with Crippen molar-refractivity contribution in [3.63, 3.8) is 0 Å². The second-order valence-corrected chi connectivity index (χ2v) is 9.11. The Labute approximate surface area is 182 Å². The Kier molecular flexibility index (Phi) is 5.93. The molecule has 0 aromatic heterocycles. The molecule has 2 N–H and O–H groups in total. The normalized spacial score (nSPS) is 21.6. The summed E-state index contributed by atoms with van der Waals surface area (Å²) in [5, 5.41) is 11.4. The highest BCUT2D eigenvalue weighted by molar-refractivity contribution is 7.97. The molecular formula is C25H26FN3S. The van der Waals surface area contributed by atoms with E-state index in [0.29, 0.717) is 0 Å². The van der Waals surface area contributed by atoms with Gasteiger partial charge in [-0.15, -0.1) is 6.58 Å². The molecular weight excluding hydrogens is 393 g/mol. The highest BCUT2D eigenvalue weighted by Gasteiger charge is 2.40. The van der Waals surface area contributed by atoms with Gasteiger partial charge in [-0.25, -0.2) is 8.70 Å². The lowest BCUT2D eigenvalue weighted by atomic mass is 9.69. The van der Waals surface area contributed by atoms with Crippen LogP contribution in [-0.4, -0.2) is 23.6 Å². The minimum Gasteiger partial charge on any atom is -0.355 e. The highest BCUT2D eigenvalue weighted by atomic mass is 32.2. The number of fused-ring (bicyclic) bond motifs is 1. The van der Waals surface area contributed by atoms with Crippen molar-refractivity contribution in [1.82, 2.24) is 4.31 Å². The van der Waals surface area contributed by atoms with Crippen molar-refractivity contribution in [2.75, 3.05) is 18.4 Å². The molecule has 0 radical (unpaired) electrons. The Bertz CT molecular complexity index is 1020. The second kappa shape index (κ2) is 8.62. The van der Waals surface area contributed by atoms with Crippen LogP contribution in [0.1, 0.15) is 18.4 Å². The Morgan fingerprint density at radius 1 is 1.23 bits per heavy atom. The van der Waals surface area contributed by atoms with Crippen molar-refractivity contribution < 1.29 is 4.39 Å². The zero-order chi connectivity index (χ0) is 21.1. The van der Waals surface area contributed by atoms with Gasteiger partial charge >= 0.3 is 0 Å². The maximum Gasteiger partial charge on any atom is 0.123 e. The molecule has 1 heterocycles. The number of anilines is 1. The fourth-order valence-corrected chi connectivity index (χ4v) is 5.33. The predicted octanol–water partition coefficient (Wildman–Crippen LogP) is 6.37. The van der Waals surface area contributed by atoms with Gasteiger partial charge in [0.25, 0.3) is 0 Å². The van der Waals surface area contributed by atoms with Crippen LogP contribution in [-0.2, 0) is 0 Å². The van der Waals surface area contributed by atoms with E-state index in [0.717, 1.165) is 42.9 Å². The van der Waals surface area contributed by atoms with Crippen molar-refractivity contribution in [2.45, 2.75) is 24.7 Å². The van der Waals surface area contributed by atoms with E-state index in [2.05, 4.69) is 59.5 Å². The van der Waals surface area contributed by atoms with Crippen LogP contribution in [0.15, 0.2) is 89.0 Å². The van der Waals surface area contributed by atoms with Gasteiger partial charge in [0.05, 0.1) is 0 Å². The standard InChI is InChI=1S/C25H26FN3S/c1-3-25-15-19(16-27)24(28-22-9-7-21(26)8-10-22)14-20(25)11-12-29(17-25)30-23-6-4-5-18(2)13-23/h3-10,13-14,16,27-28H,1,11-12,15,17H2,2H3. The molecule has 1 fully saturated rings. The average molecular weight is 420 g/mol. The molecule has 1 atom stereocenters. The highest BCUT2D eigenvalue weighted by Crippen LogP contribution is 2.47. The van der Waals surface area contributed by atoms with Crippen LogP contribution in [0.3, 0.4) is 0 Å². The average Bonchev–Trinajstić information content (AvgIpc) is 2.75. The molecule has 2 aromatic carbocycles. The molecule has 0 spiro atoms. The van der Waals surface area contributed by atoms with Gasteiger partial charge in [0.1, 0.15) is 5.82 Å². The van der Waals surface area contributed by atoms with E-state index in [1.54, 1.807) is 24.1 Å². The first-order valence-corrected chi connectivity index (χ1v) is 10.9. The third kappa shape index (κ3) is 4.27. The van der Waals surface area contributed by atoms with Crippen LogP contribution in [0.4, 0.5) is 10.1 Å². The second-order valence-electron chi connectivity index (χ2n) is 7.94. The molecule has 30 heavy (non-hydrogen) atoms. The molecule has 2 aromatic rings. The lowest BCUT2D eigenvalue weighted by Crippen LogP contribution is -2.42. The first-order valence-electron chi connectivity index (χ1n) is 10.1. The summed E-state index contributed by atoms with van der Waals surface area (Å²) >= 11 is 1.80. The minimum absolute atomic E-state index is 0.171. The number of halogens is 1. The Balaban J connectivity index is 1.56. The number of benzene rings is 2. The zero-order valence-electron chi connectivity index (χ0n) is 17.1. The topological polar surface area (TPSA) is 39.1 Å². The van der Waals surface area contributed by atoms with Crippen LogP contribution in [0.2, 0.25) is 0 Å². The van der Waals surface area contributed by atoms with Gasteiger partial charge in [-0.3, -0.25) is 0 Å². The molecule has 2 aliphatic rings. The Morgan fingerprint density at radius 2 is 2.03 bits per heavy atom. The molecule has 1 unspecified atom stereocenters. The van der Waals surface area contributed by atoms with Gasteiger partial charge in [0.2, 0.25) is 0 Å². The molecule has 0 bridgehead atoms. The third-order valence-corrected chi connectivity index (χ3v) is 6.85. The minimum atomic E-state index is -0.257. The summed E-state index contributed by atoms with van der Waals surface area (Å²) in [6, 6.07) is 14.9. The molecule has 1 saturated heterocycles. The smallest absolute Gasteiger partial charge is 0.123 e. The first-order chi connectivity index (χ1) is 14.5. The number of allylic oxidation sites excluding steroid dienone is 2. The summed E-state index contributed by atoms with van der Waals surface area (Å²) in [5.74, 6) is -0.257. The van der Waals surface area contributed by atoms with Crippen LogP contribution >= 0.6 is 11.9 Å². The summed E-state index contributed by atoms with van der Waals surface area (Å²) in [6.45, 7) is 8.11. The summed E-state index contributed by atoms with van der Waals surface area (Å²) < 4.78 is 15.6. The zero-order valence-corrected chi connectivity index (χ0v) is 17.9. The number of hydrogen-bond acceptors (Lipinski definition) is 4. The molecule has 154 valence electrons. The van der Waals surface area contributed by atoms with E-state index in [4.69, 9.17) is 5.41 Å². The SMILES string of the molecule is C=CC12CC(C=N)=C(Nc3ccc(F)cc3)C=C1CCN(Sc1cccc(C)c1)C2. The van der Waals surface area contributed by atoms with Crippen LogP contribution < -0.4 is 5.32 Å². The van der Waals surface area contributed by atoms with Gasteiger partial charge in [-0.1, -0.05) is 23.8 Å². The van der Waals surface area contributed by atoms with Crippen molar-refractivity contribution in [3.05, 3.63) is 95.5 Å². The van der Waals surface area contributed by atoms with E-state index in [1.807, 2.05) is 0 Å². The molecule has 3 nitrogen and oxygen atoms in total. The van der Waals surface area contributed by atoms with Crippen molar-refractivity contribution in [2.24, 2.45) is 5.41 Å². The summed E-state index contributed by atoms with van der Waals surface area (Å²) in [6.07, 6.45) is 7.34. The van der Waals surface area contributed by atoms with E-state index in [9.17, 15) is 4.39 Å². The molecule has 0 saturated carbocycles. The number of hydrogen-bond donors (Lipinski definition) is 2. The first kappa shape index (κ1) is 20.6. The van der Waals surface area contributed by atoms with Crippen LogP contribution in [0.25, 0.3) is 0 Å². The lowest BCUT2D eigenvalue weighted by molar-refractivity contribution is 0.278. The maximum absolute atomic E-state index is 13.2. The molecule has 5 heteroatoms. The Hall–Kier alpha value is -2.63. The number of rotatable bonds is 6. The van der Waals surface area contributed by atoms with Gasteiger partial charge in [-0.2, -0.15) is 0 Å². The Morgan fingerprint density at radius 3 is 2.73 bits per heavy atom. The number of nitrogens with zero attached hydrogens (tertiary/aromatic N) is 1. The summed E-state index contributed by atoms with van der Waals surface area (Å²) in [4.78, 5) is 1.25. The van der Waals surface area contributed by atoms with Gasteiger partial charge in [-0.05, 0) is 85.3 Å². The molecule has 0 amide bonds. The van der Waals surface area contributed by atoms with E-state index in [-0.39, 0.29) is 11.2 Å². The van der Waals surface area contributed by atoms with E-state index < -0.39 is 0 Å². The largest absolute Gasteiger partial charge is 0.355 e. The van der Waals surface area contributed by atoms with Crippen molar-refractivity contribution >= 4 is 23.8 Å². The molecule has 1 aliphatic carbocycles. The van der Waals surface area contributed by atoms with Crippen LogP contribution in [0, 0.1) is 23.6 Å². The van der Waals surface area contributed by atoms with Crippen LogP contribution in [0.5, 0.6) is 0 Å². The third-order valence-electron chi connectivity index (χ3n) is 5.81. The number of aryl methyl sites for hydroxylation is 1. The maximum atomic E-state index is 13.2.